The number of aryl methyl sites for hydroxylation is 1. The molecule has 0 N–H and O–H groups in total. The zero-order valence-electron chi connectivity index (χ0n) is 9.77. The number of nitrogens with zero attached hydrogens (tertiary/aromatic N) is 1. The Morgan fingerprint density at radius 1 is 1.06 bits per heavy atom. The minimum Gasteiger partial charge on any atom is -0.193 e. The molecule has 1 nitrogen and oxygen atoms in total. The molecule has 80 valence electrons. The lowest BCUT2D eigenvalue weighted by Gasteiger charge is -2.20. The Labute approximate surface area is 96.4 Å². The summed E-state index contributed by atoms with van der Waals surface area (Å²) in [6.45, 7) is 4.49. The Bertz CT molecular complexity index is 543. The van der Waals surface area contributed by atoms with E-state index in [1.807, 2.05) is 0 Å². The van der Waals surface area contributed by atoms with Crippen molar-refractivity contribution in [2.24, 2.45) is 0 Å². The molecule has 1 aliphatic heterocycles. The van der Waals surface area contributed by atoms with Crippen molar-refractivity contribution in [2.75, 3.05) is 0 Å². The Morgan fingerprint density at radius 2 is 1.88 bits per heavy atom. The summed E-state index contributed by atoms with van der Waals surface area (Å²) in [5.74, 6) is 0. The van der Waals surface area contributed by atoms with E-state index in [4.69, 9.17) is 0 Å². The molecule has 1 atom stereocenters. The molecule has 0 amide bonds. The molecule has 1 aromatic carbocycles. The van der Waals surface area contributed by atoms with Gasteiger partial charge >= 0.3 is 0 Å². The molecule has 1 unspecified atom stereocenters. The van der Waals surface area contributed by atoms with Gasteiger partial charge in [-0.2, -0.15) is 4.57 Å². The van der Waals surface area contributed by atoms with Crippen LogP contribution in [0.15, 0.2) is 42.5 Å². The van der Waals surface area contributed by atoms with E-state index in [9.17, 15) is 0 Å². The van der Waals surface area contributed by atoms with Gasteiger partial charge in [0, 0.05) is 31.0 Å². The highest BCUT2D eigenvalue weighted by molar-refractivity contribution is 5.62. The van der Waals surface area contributed by atoms with Crippen LogP contribution in [0.25, 0.3) is 11.3 Å². The third-order valence-corrected chi connectivity index (χ3v) is 3.48. The zero-order valence-corrected chi connectivity index (χ0v) is 9.77. The monoisotopic (exact) mass is 210 g/mol. The van der Waals surface area contributed by atoms with Crippen LogP contribution in [0, 0.1) is 6.92 Å². The van der Waals surface area contributed by atoms with Crippen molar-refractivity contribution in [1.29, 1.82) is 0 Å². The van der Waals surface area contributed by atoms with Gasteiger partial charge in [-0.25, -0.2) is 0 Å². The lowest BCUT2D eigenvalue weighted by atomic mass is 9.93. The van der Waals surface area contributed by atoms with Gasteiger partial charge in [0.15, 0.2) is 11.7 Å². The molecule has 0 saturated heterocycles. The fourth-order valence-corrected chi connectivity index (χ4v) is 2.79. The fraction of sp³-hybridized carbons (Fsp3) is 0.267. The Morgan fingerprint density at radius 3 is 2.75 bits per heavy atom. The van der Waals surface area contributed by atoms with Crippen molar-refractivity contribution < 1.29 is 4.57 Å². The maximum Gasteiger partial charge on any atom is 0.213 e. The minimum atomic E-state index is 0.561. The molecule has 16 heavy (non-hydrogen) atoms. The van der Waals surface area contributed by atoms with Crippen molar-refractivity contribution in [3.8, 4) is 11.3 Å². The Balaban J connectivity index is 2.33. The summed E-state index contributed by atoms with van der Waals surface area (Å²) in [7, 11) is 0. The number of pyridine rings is 1. The second-order valence-electron chi connectivity index (χ2n) is 4.63. The van der Waals surface area contributed by atoms with Crippen molar-refractivity contribution in [3.05, 3.63) is 53.7 Å². The maximum atomic E-state index is 2.45. The van der Waals surface area contributed by atoms with Crippen LogP contribution in [0.3, 0.4) is 0 Å². The molecule has 0 spiro atoms. The molecule has 0 saturated carbocycles. The van der Waals surface area contributed by atoms with Gasteiger partial charge in [0.25, 0.3) is 0 Å². The number of hydrogen-bond donors (Lipinski definition) is 0. The van der Waals surface area contributed by atoms with Gasteiger partial charge in [0.2, 0.25) is 5.69 Å². The van der Waals surface area contributed by atoms with Gasteiger partial charge in [0.1, 0.15) is 0 Å². The Hall–Kier alpha value is -1.63. The molecule has 0 fully saturated rings. The van der Waals surface area contributed by atoms with E-state index in [1.165, 1.54) is 22.5 Å². The number of benzene rings is 1. The number of hydrogen-bond acceptors (Lipinski definition) is 0. The molecule has 2 heterocycles. The first-order valence-corrected chi connectivity index (χ1v) is 5.87. The SMILES string of the molecule is Cc1cccc2[n+]1C(C)Cc1ccccc1-2. The largest absolute Gasteiger partial charge is 0.213 e. The summed E-state index contributed by atoms with van der Waals surface area (Å²) in [6.07, 6.45) is 1.14. The summed E-state index contributed by atoms with van der Waals surface area (Å²) in [5.41, 5.74) is 5.57. The van der Waals surface area contributed by atoms with Gasteiger partial charge < -0.3 is 0 Å². The third kappa shape index (κ3) is 1.28. The molecular formula is C15H16N+. The maximum absolute atomic E-state index is 2.45. The van der Waals surface area contributed by atoms with Crippen LogP contribution in [-0.2, 0) is 6.42 Å². The van der Waals surface area contributed by atoms with Crippen LogP contribution >= 0.6 is 0 Å². The van der Waals surface area contributed by atoms with Crippen LogP contribution in [-0.4, -0.2) is 0 Å². The average molecular weight is 210 g/mol. The smallest absolute Gasteiger partial charge is 0.193 e. The normalized spacial score (nSPS) is 17.8. The third-order valence-electron chi connectivity index (χ3n) is 3.48. The van der Waals surface area contributed by atoms with Crippen molar-refractivity contribution in [1.82, 2.24) is 0 Å². The van der Waals surface area contributed by atoms with Crippen LogP contribution in [0.4, 0.5) is 0 Å². The summed E-state index contributed by atoms with van der Waals surface area (Å²) in [4.78, 5) is 0. The molecule has 0 aliphatic carbocycles. The predicted octanol–water partition coefficient (Wildman–Crippen LogP) is 3.07. The topological polar surface area (TPSA) is 3.88 Å². The van der Waals surface area contributed by atoms with Crippen LogP contribution < -0.4 is 4.57 Å². The molecule has 0 radical (unpaired) electrons. The minimum absolute atomic E-state index is 0.561. The van der Waals surface area contributed by atoms with Gasteiger partial charge in [0.05, 0.1) is 0 Å². The van der Waals surface area contributed by atoms with Crippen LogP contribution in [0.1, 0.15) is 24.2 Å². The number of rotatable bonds is 0. The molecule has 1 aromatic heterocycles. The quantitative estimate of drug-likeness (QED) is 0.588. The number of fused-ring (bicyclic) bond motifs is 3. The first-order valence-electron chi connectivity index (χ1n) is 5.87. The van der Waals surface area contributed by atoms with Gasteiger partial charge in [-0.1, -0.05) is 18.2 Å². The second-order valence-corrected chi connectivity index (χ2v) is 4.63. The van der Waals surface area contributed by atoms with E-state index in [0.717, 1.165) is 6.42 Å². The highest BCUT2D eigenvalue weighted by Gasteiger charge is 2.29. The van der Waals surface area contributed by atoms with E-state index in [0.29, 0.717) is 6.04 Å². The first kappa shape index (κ1) is 9.59. The van der Waals surface area contributed by atoms with Gasteiger partial charge in [-0.05, 0) is 24.6 Å². The predicted molar refractivity (Wildman–Crippen MR) is 65.2 cm³/mol. The van der Waals surface area contributed by atoms with Crippen molar-refractivity contribution >= 4 is 0 Å². The van der Waals surface area contributed by atoms with E-state index in [-0.39, 0.29) is 0 Å². The second kappa shape index (κ2) is 3.44. The van der Waals surface area contributed by atoms with E-state index in [1.54, 1.807) is 0 Å². The number of aromatic nitrogens is 1. The van der Waals surface area contributed by atoms with E-state index >= 15 is 0 Å². The van der Waals surface area contributed by atoms with Crippen molar-refractivity contribution in [3.63, 3.8) is 0 Å². The first-order chi connectivity index (χ1) is 7.77. The summed E-state index contributed by atoms with van der Waals surface area (Å²) in [5, 5.41) is 0. The van der Waals surface area contributed by atoms with Crippen LogP contribution in [0.2, 0.25) is 0 Å². The van der Waals surface area contributed by atoms with Crippen LogP contribution in [0.5, 0.6) is 0 Å². The Kier molecular flexibility index (Phi) is 2.06. The van der Waals surface area contributed by atoms with E-state index in [2.05, 4.69) is 60.9 Å². The van der Waals surface area contributed by atoms with Crippen molar-refractivity contribution in [2.45, 2.75) is 26.3 Å². The average Bonchev–Trinajstić information content (AvgIpc) is 2.29. The highest BCUT2D eigenvalue weighted by Crippen LogP contribution is 2.28. The highest BCUT2D eigenvalue weighted by atomic mass is 15.0. The summed E-state index contributed by atoms with van der Waals surface area (Å²) >= 11 is 0. The molecule has 1 heteroatoms. The van der Waals surface area contributed by atoms with Gasteiger partial charge in [-0.15, -0.1) is 0 Å². The van der Waals surface area contributed by atoms with Gasteiger partial charge in [-0.3, -0.25) is 0 Å². The lowest BCUT2D eigenvalue weighted by Crippen LogP contribution is -2.46. The zero-order chi connectivity index (χ0) is 11.1. The molecule has 0 bridgehead atoms. The fourth-order valence-electron chi connectivity index (χ4n) is 2.79. The molecule has 1 aliphatic rings. The lowest BCUT2D eigenvalue weighted by molar-refractivity contribution is -0.716. The standard InChI is InChI=1S/C15H16N/c1-11-6-5-9-15-14-8-4-3-7-13(14)10-12(2)16(11)15/h3-9,12H,10H2,1-2H3/q+1. The summed E-state index contributed by atoms with van der Waals surface area (Å²) in [6, 6.07) is 15.9. The molecular weight excluding hydrogens is 194 g/mol. The van der Waals surface area contributed by atoms with E-state index < -0.39 is 0 Å². The molecule has 2 aromatic rings. The molecule has 3 rings (SSSR count). The summed E-state index contributed by atoms with van der Waals surface area (Å²) < 4.78 is 2.45.